The van der Waals surface area contributed by atoms with Crippen molar-refractivity contribution >= 4 is 23.2 Å². The van der Waals surface area contributed by atoms with Gasteiger partial charge in [0.05, 0.1) is 0 Å². The van der Waals surface area contributed by atoms with Gasteiger partial charge in [0.1, 0.15) is 5.75 Å². The summed E-state index contributed by atoms with van der Waals surface area (Å²) in [6.45, 7) is 2.52. The lowest BCUT2D eigenvalue weighted by Crippen LogP contribution is -2.30. The van der Waals surface area contributed by atoms with E-state index in [9.17, 15) is 9.59 Å². The number of ether oxygens (including phenoxy) is 1. The molecule has 1 heterocycles. The molecule has 1 aliphatic heterocycles. The molecule has 1 N–H and O–H groups in total. The van der Waals surface area contributed by atoms with Crippen LogP contribution in [0.3, 0.4) is 0 Å². The van der Waals surface area contributed by atoms with Crippen LogP contribution in [0.15, 0.2) is 42.5 Å². The molecule has 1 saturated heterocycles. The van der Waals surface area contributed by atoms with E-state index < -0.39 is 6.10 Å². The third kappa shape index (κ3) is 4.03. The van der Waals surface area contributed by atoms with E-state index in [1.54, 1.807) is 11.8 Å². The molecule has 0 spiro atoms. The van der Waals surface area contributed by atoms with Gasteiger partial charge in [-0.1, -0.05) is 6.07 Å². The summed E-state index contributed by atoms with van der Waals surface area (Å²) in [5.74, 6) is 0.706. The fourth-order valence-corrected chi connectivity index (χ4v) is 3.93. The monoisotopic (exact) mass is 378 g/mol. The Morgan fingerprint density at radius 1 is 1.00 bits per heavy atom. The van der Waals surface area contributed by atoms with Gasteiger partial charge < -0.3 is 15.0 Å². The van der Waals surface area contributed by atoms with Crippen molar-refractivity contribution in [3.8, 4) is 5.75 Å². The molecule has 1 aliphatic carbocycles. The number of amides is 2. The molecule has 4 rings (SSSR count). The largest absolute Gasteiger partial charge is 0.481 e. The van der Waals surface area contributed by atoms with Gasteiger partial charge in [0.2, 0.25) is 5.91 Å². The molecule has 0 aromatic heterocycles. The number of benzene rings is 2. The van der Waals surface area contributed by atoms with Crippen LogP contribution in [-0.2, 0) is 22.4 Å². The first-order valence-electron chi connectivity index (χ1n) is 10.1. The number of nitrogens with zero attached hydrogens (tertiary/aromatic N) is 1. The molecule has 1 atom stereocenters. The molecule has 0 radical (unpaired) electrons. The van der Waals surface area contributed by atoms with Crippen LogP contribution in [0.4, 0.5) is 11.4 Å². The minimum atomic E-state index is -0.596. The van der Waals surface area contributed by atoms with E-state index in [4.69, 9.17) is 4.74 Å². The predicted octanol–water partition coefficient (Wildman–Crippen LogP) is 4.10. The fraction of sp³-hybridized carbons (Fsp3) is 0.391. The number of aryl methyl sites for hydroxylation is 2. The number of rotatable bonds is 5. The summed E-state index contributed by atoms with van der Waals surface area (Å²) in [5, 5.41) is 2.89. The fourth-order valence-electron chi connectivity index (χ4n) is 3.93. The zero-order valence-corrected chi connectivity index (χ0v) is 16.2. The Labute approximate surface area is 165 Å². The van der Waals surface area contributed by atoms with Gasteiger partial charge in [-0.05, 0) is 86.6 Å². The quantitative estimate of drug-likeness (QED) is 0.852. The highest BCUT2D eigenvalue weighted by Gasteiger charge is 2.22. The smallest absolute Gasteiger partial charge is 0.265 e. The van der Waals surface area contributed by atoms with E-state index in [1.807, 2.05) is 30.3 Å². The van der Waals surface area contributed by atoms with Crippen molar-refractivity contribution in [2.45, 2.75) is 51.6 Å². The molecule has 2 aromatic rings. The third-order valence-corrected chi connectivity index (χ3v) is 5.52. The van der Waals surface area contributed by atoms with Gasteiger partial charge in [-0.3, -0.25) is 9.59 Å². The first-order chi connectivity index (χ1) is 13.6. The van der Waals surface area contributed by atoms with E-state index in [1.165, 1.54) is 24.0 Å². The second-order valence-corrected chi connectivity index (χ2v) is 7.58. The maximum Gasteiger partial charge on any atom is 0.265 e. The van der Waals surface area contributed by atoms with Crippen LogP contribution in [0.5, 0.6) is 5.75 Å². The maximum absolute atomic E-state index is 12.5. The average Bonchev–Trinajstić information content (AvgIpc) is 3.14. The van der Waals surface area contributed by atoms with E-state index >= 15 is 0 Å². The molecule has 5 nitrogen and oxygen atoms in total. The summed E-state index contributed by atoms with van der Waals surface area (Å²) in [6, 6.07) is 13.5. The van der Waals surface area contributed by atoms with Gasteiger partial charge in [0, 0.05) is 24.3 Å². The number of carbonyl (C=O) groups is 2. The molecule has 5 heteroatoms. The maximum atomic E-state index is 12.5. The van der Waals surface area contributed by atoms with Crippen LogP contribution in [0.1, 0.15) is 43.7 Å². The van der Waals surface area contributed by atoms with Crippen LogP contribution < -0.4 is 15.0 Å². The van der Waals surface area contributed by atoms with Crippen molar-refractivity contribution in [1.82, 2.24) is 0 Å². The molecule has 0 unspecified atom stereocenters. The number of carbonyl (C=O) groups excluding carboxylic acids is 2. The molecule has 2 aliphatic rings. The van der Waals surface area contributed by atoms with Gasteiger partial charge >= 0.3 is 0 Å². The Morgan fingerprint density at radius 3 is 2.46 bits per heavy atom. The Kier molecular flexibility index (Phi) is 5.33. The molecule has 2 amide bonds. The Hall–Kier alpha value is -2.82. The van der Waals surface area contributed by atoms with Crippen LogP contribution >= 0.6 is 0 Å². The summed E-state index contributed by atoms with van der Waals surface area (Å²) in [4.78, 5) is 26.1. The van der Waals surface area contributed by atoms with Crippen molar-refractivity contribution in [1.29, 1.82) is 0 Å². The number of hydrogen-bond donors (Lipinski definition) is 1. The Bertz CT molecular complexity index is 876. The van der Waals surface area contributed by atoms with Crippen LogP contribution in [0, 0.1) is 0 Å². The third-order valence-electron chi connectivity index (χ3n) is 5.52. The summed E-state index contributed by atoms with van der Waals surface area (Å²) >= 11 is 0. The SMILES string of the molecule is C[C@H](Oc1ccc2c(c1)CCCC2)C(=O)Nc1ccc(N2CCCC2=O)cc1. The molecule has 0 saturated carbocycles. The van der Waals surface area contributed by atoms with E-state index in [0.29, 0.717) is 12.1 Å². The van der Waals surface area contributed by atoms with Crippen LogP contribution in [-0.4, -0.2) is 24.5 Å². The zero-order valence-electron chi connectivity index (χ0n) is 16.2. The van der Waals surface area contributed by atoms with Gasteiger partial charge in [0.25, 0.3) is 5.91 Å². The van der Waals surface area contributed by atoms with Crippen LogP contribution in [0.25, 0.3) is 0 Å². The number of fused-ring (bicyclic) bond motifs is 1. The van der Waals surface area contributed by atoms with Crippen molar-refractivity contribution < 1.29 is 14.3 Å². The summed E-state index contributed by atoms with van der Waals surface area (Å²) in [7, 11) is 0. The van der Waals surface area contributed by atoms with Gasteiger partial charge in [-0.2, -0.15) is 0 Å². The molecule has 1 fully saturated rings. The lowest BCUT2D eigenvalue weighted by Gasteiger charge is -2.19. The Balaban J connectivity index is 1.36. The van der Waals surface area contributed by atoms with E-state index in [-0.39, 0.29) is 11.8 Å². The standard InChI is InChI=1S/C23H26N2O3/c1-16(28-21-13-8-17-5-2-3-6-18(17)15-21)23(27)24-19-9-11-20(12-10-19)25-14-4-7-22(25)26/h8-13,15-16H,2-7,14H2,1H3,(H,24,27)/t16-/m0/s1. The zero-order chi connectivity index (χ0) is 19.5. The second kappa shape index (κ2) is 8.05. The van der Waals surface area contributed by atoms with Gasteiger partial charge in [0.15, 0.2) is 6.10 Å². The molecule has 28 heavy (non-hydrogen) atoms. The van der Waals surface area contributed by atoms with E-state index in [2.05, 4.69) is 17.4 Å². The minimum Gasteiger partial charge on any atom is -0.481 e. The number of nitrogens with one attached hydrogen (secondary N) is 1. The molecule has 2 aromatic carbocycles. The molecule has 146 valence electrons. The lowest BCUT2D eigenvalue weighted by molar-refractivity contribution is -0.122. The van der Waals surface area contributed by atoms with Crippen molar-refractivity contribution in [2.24, 2.45) is 0 Å². The van der Waals surface area contributed by atoms with Gasteiger partial charge in [-0.25, -0.2) is 0 Å². The molecular weight excluding hydrogens is 352 g/mol. The molecule has 0 bridgehead atoms. The number of hydrogen-bond acceptors (Lipinski definition) is 3. The summed E-state index contributed by atoms with van der Waals surface area (Å²) < 4.78 is 5.87. The lowest BCUT2D eigenvalue weighted by atomic mass is 9.92. The van der Waals surface area contributed by atoms with Gasteiger partial charge in [-0.15, -0.1) is 0 Å². The van der Waals surface area contributed by atoms with Crippen molar-refractivity contribution in [2.75, 3.05) is 16.8 Å². The van der Waals surface area contributed by atoms with Crippen molar-refractivity contribution in [3.63, 3.8) is 0 Å². The first-order valence-corrected chi connectivity index (χ1v) is 10.1. The highest BCUT2D eigenvalue weighted by atomic mass is 16.5. The average molecular weight is 378 g/mol. The molecular formula is C23H26N2O3. The predicted molar refractivity (Wildman–Crippen MR) is 110 cm³/mol. The second-order valence-electron chi connectivity index (χ2n) is 7.58. The first kappa shape index (κ1) is 18.5. The Morgan fingerprint density at radius 2 is 1.75 bits per heavy atom. The highest BCUT2D eigenvalue weighted by molar-refractivity contribution is 5.96. The minimum absolute atomic E-state index is 0.156. The number of anilines is 2. The van der Waals surface area contributed by atoms with Crippen molar-refractivity contribution in [3.05, 3.63) is 53.6 Å². The highest BCUT2D eigenvalue weighted by Crippen LogP contribution is 2.26. The summed E-state index contributed by atoms with van der Waals surface area (Å²) in [5.41, 5.74) is 4.30. The summed E-state index contributed by atoms with van der Waals surface area (Å²) in [6.07, 6.45) is 5.58. The normalized spacial score (nSPS) is 17.2. The van der Waals surface area contributed by atoms with Crippen LogP contribution in [0.2, 0.25) is 0 Å². The van der Waals surface area contributed by atoms with E-state index in [0.717, 1.165) is 37.2 Å². The topological polar surface area (TPSA) is 58.6 Å².